The molecule has 2 aliphatic heterocycles. The molecule has 4 heterocycles. The zero-order valence-corrected chi connectivity index (χ0v) is 25.3. The van der Waals surface area contributed by atoms with Crippen molar-refractivity contribution in [3.8, 4) is 17.1 Å². The van der Waals surface area contributed by atoms with Crippen LogP contribution in [0.15, 0.2) is 161 Å². The maximum Gasteiger partial charge on any atom is 0.180 e. The highest BCUT2D eigenvalue weighted by Gasteiger charge is 2.23. The Bertz CT molecular complexity index is 2880. The maximum absolute atomic E-state index is 6.88. The molecule has 0 amide bonds. The zero-order chi connectivity index (χ0) is 31.1. The highest BCUT2D eigenvalue weighted by Crippen LogP contribution is 2.40. The van der Waals surface area contributed by atoms with Crippen molar-refractivity contribution in [1.29, 1.82) is 0 Å². The molecule has 8 aromatic rings. The smallest absolute Gasteiger partial charge is 0.180 e. The van der Waals surface area contributed by atoms with Crippen molar-refractivity contribution in [1.82, 2.24) is 13.7 Å². The quantitative estimate of drug-likeness (QED) is 0.145. The molecule has 2 aliphatic rings. The van der Waals surface area contributed by atoms with Gasteiger partial charge in [-0.1, -0.05) is 85.4 Å². The summed E-state index contributed by atoms with van der Waals surface area (Å²) in [5.74, 6) is 0. The summed E-state index contributed by atoms with van der Waals surface area (Å²) >= 11 is 0. The van der Waals surface area contributed by atoms with Crippen LogP contribution in [0.5, 0.6) is 0 Å². The number of nitrogens with zero attached hydrogens (tertiary/aromatic N) is 3. The Morgan fingerprint density at radius 2 is 1.02 bits per heavy atom. The minimum Gasteiger partial charge on any atom is -0.453 e. The summed E-state index contributed by atoms with van der Waals surface area (Å²) in [6.45, 7) is 4.68. The van der Waals surface area contributed by atoms with Crippen LogP contribution < -0.4 is 5.22 Å². The summed E-state index contributed by atoms with van der Waals surface area (Å²) in [7, 11) is 0. The average Bonchev–Trinajstić information content (AvgIpc) is 3.45. The van der Waals surface area contributed by atoms with Gasteiger partial charge in [0.15, 0.2) is 22.3 Å². The van der Waals surface area contributed by atoms with Crippen molar-refractivity contribution in [2.75, 3.05) is 0 Å². The lowest BCUT2D eigenvalue weighted by Gasteiger charge is -2.22. The number of aromatic nitrogens is 3. The van der Waals surface area contributed by atoms with E-state index in [9.17, 15) is 0 Å². The van der Waals surface area contributed by atoms with Crippen molar-refractivity contribution in [3.63, 3.8) is 0 Å². The van der Waals surface area contributed by atoms with E-state index in [1.807, 2.05) is 42.5 Å². The first kappa shape index (κ1) is 25.8. The Morgan fingerprint density at radius 1 is 0.447 bits per heavy atom. The van der Waals surface area contributed by atoms with E-state index in [-0.39, 0.29) is 0 Å². The first-order valence-corrected chi connectivity index (χ1v) is 15.7. The number of hydrogen-bond donors (Lipinski definition) is 0. The monoisotopic (exact) mass is 605 g/mol. The number of rotatable bonds is 2. The zero-order valence-electron chi connectivity index (χ0n) is 25.3. The van der Waals surface area contributed by atoms with Crippen LogP contribution in [0, 0.1) is 0 Å². The van der Waals surface area contributed by atoms with Gasteiger partial charge in [-0.15, -0.1) is 0 Å². The van der Waals surface area contributed by atoms with Crippen molar-refractivity contribution in [2.45, 2.75) is 0 Å². The summed E-state index contributed by atoms with van der Waals surface area (Å²) < 4.78 is 20.3. The lowest BCUT2D eigenvalue weighted by atomic mass is 10.1. The van der Waals surface area contributed by atoms with Gasteiger partial charge in [0.2, 0.25) is 0 Å². The van der Waals surface area contributed by atoms with Gasteiger partial charge in [-0.25, -0.2) is 0 Å². The molecule has 47 heavy (non-hydrogen) atoms. The van der Waals surface area contributed by atoms with Gasteiger partial charge in [-0.05, 0) is 71.9 Å². The van der Waals surface area contributed by atoms with Gasteiger partial charge in [0, 0.05) is 33.7 Å². The van der Waals surface area contributed by atoms with Crippen LogP contribution in [0.2, 0.25) is 0 Å². The fourth-order valence-electron chi connectivity index (χ4n) is 7.21. The summed E-state index contributed by atoms with van der Waals surface area (Å²) in [5.41, 5.74) is 11.0. The van der Waals surface area contributed by atoms with Gasteiger partial charge in [-0.3, -0.25) is 4.57 Å². The molecular weight excluding hydrogens is 578 g/mol. The third-order valence-corrected chi connectivity index (χ3v) is 9.24. The van der Waals surface area contributed by atoms with Crippen molar-refractivity contribution >= 4 is 72.7 Å². The minimum atomic E-state index is 0.717. The Labute approximate surface area is 268 Å². The fourth-order valence-corrected chi connectivity index (χ4v) is 7.21. The highest BCUT2D eigenvalue weighted by atomic mass is 16.3. The molecule has 5 heteroatoms. The summed E-state index contributed by atoms with van der Waals surface area (Å²) in [4.78, 5) is 0. The van der Waals surface area contributed by atoms with Crippen molar-refractivity contribution in [2.24, 2.45) is 0 Å². The average molecular weight is 606 g/mol. The maximum atomic E-state index is 6.88. The Balaban J connectivity index is 1.44. The molecule has 222 valence electrons. The van der Waals surface area contributed by atoms with E-state index in [0.29, 0.717) is 5.58 Å². The normalized spacial score (nSPS) is 11.9. The fraction of sp³-hybridized carbons (Fsp3) is 0. The first-order valence-electron chi connectivity index (χ1n) is 15.7. The van der Waals surface area contributed by atoms with Crippen LogP contribution in [0.3, 0.4) is 0 Å². The van der Waals surface area contributed by atoms with Gasteiger partial charge in [0.05, 0.1) is 27.6 Å². The predicted molar refractivity (Wildman–Crippen MR) is 192 cm³/mol. The third-order valence-electron chi connectivity index (χ3n) is 9.24. The van der Waals surface area contributed by atoms with Gasteiger partial charge >= 0.3 is 0 Å². The van der Waals surface area contributed by atoms with Gasteiger partial charge < -0.3 is 18.0 Å². The number of benzene rings is 6. The molecule has 0 aliphatic carbocycles. The topological polar surface area (TPSA) is 41.1 Å². The van der Waals surface area contributed by atoms with Crippen molar-refractivity contribution < 1.29 is 8.83 Å². The van der Waals surface area contributed by atoms with Crippen LogP contribution in [-0.2, 0) is 0 Å². The summed E-state index contributed by atoms with van der Waals surface area (Å²) in [6.07, 6.45) is 2.14. The van der Waals surface area contributed by atoms with E-state index >= 15 is 0 Å². The second-order valence-electron chi connectivity index (χ2n) is 11.9. The molecule has 0 fully saturated rings. The van der Waals surface area contributed by atoms with Crippen LogP contribution >= 0.6 is 0 Å². The largest absolute Gasteiger partial charge is 0.453 e. The second kappa shape index (κ2) is 9.77. The van der Waals surface area contributed by atoms with Crippen LogP contribution in [0.25, 0.3) is 89.7 Å². The molecule has 0 atom stereocenters. The predicted octanol–water partition coefficient (Wildman–Crippen LogP) is 10.4. The van der Waals surface area contributed by atoms with E-state index < -0.39 is 0 Å². The molecule has 0 N–H and O–H groups in total. The molecule has 2 aromatic heterocycles. The van der Waals surface area contributed by atoms with Crippen molar-refractivity contribution in [3.05, 3.63) is 157 Å². The molecule has 0 radical (unpaired) electrons. The van der Waals surface area contributed by atoms with E-state index in [1.54, 1.807) is 0 Å². The lowest BCUT2D eigenvalue weighted by molar-refractivity contribution is 0.625. The molecule has 5 nitrogen and oxygen atoms in total. The Morgan fingerprint density at radius 3 is 1.70 bits per heavy atom. The molecule has 0 saturated heterocycles. The second-order valence-corrected chi connectivity index (χ2v) is 11.9. The highest BCUT2D eigenvalue weighted by molar-refractivity contribution is 6.10. The van der Waals surface area contributed by atoms with Gasteiger partial charge in [-0.2, -0.15) is 0 Å². The third kappa shape index (κ3) is 3.71. The molecule has 6 aromatic carbocycles. The molecular formula is C42H27N3O2. The first-order chi connectivity index (χ1) is 23.2. The number of hydrogen-bond acceptors (Lipinski definition) is 2. The number of para-hydroxylation sites is 7. The summed E-state index contributed by atoms with van der Waals surface area (Å²) in [5, 5.41) is 4.19. The number of fused-ring (bicyclic) bond motifs is 9. The Hall–Kier alpha value is -6.46. The van der Waals surface area contributed by atoms with E-state index in [4.69, 9.17) is 8.83 Å². The summed E-state index contributed by atoms with van der Waals surface area (Å²) in [6, 6.07) is 50.3. The molecule has 0 spiro atoms. The molecule has 10 rings (SSSR count). The minimum absolute atomic E-state index is 0.717. The standard InChI is InChI=1S/C42H27N3O2/c1-27-25-29(44-33-17-7-5-15-30(33)31-16-6-8-18-34(31)44)23-24-43(28-13-3-2-4-14-28)40-32(27)26-39-41-42(40)47-38-22-12-10-20-36(38)45(41)35-19-9-11-21-37(35)46-39/h2-26H,1H2. The van der Waals surface area contributed by atoms with E-state index in [0.717, 1.165) is 72.0 Å². The SMILES string of the molecule is C=c1cc(-n2c3ccccc3c3ccccc32)ccn(-c2ccccc2)c2c3oc4ccccc4n4c5ccccc5oc(cc12)c3-4. The van der Waals surface area contributed by atoms with Crippen LogP contribution in [0.4, 0.5) is 0 Å². The molecule has 0 bridgehead atoms. The van der Waals surface area contributed by atoms with Crippen LogP contribution in [0.1, 0.15) is 0 Å². The van der Waals surface area contributed by atoms with Gasteiger partial charge in [0.1, 0.15) is 5.69 Å². The molecule has 0 unspecified atom stereocenters. The molecule has 0 saturated carbocycles. The van der Waals surface area contributed by atoms with E-state index in [2.05, 4.69) is 130 Å². The van der Waals surface area contributed by atoms with E-state index in [1.165, 1.54) is 10.8 Å². The Kier molecular flexibility index (Phi) is 5.37. The van der Waals surface area contributed by atoms with Gasteiger partial charge in [0.25, 0.3) is 0 Å². The lowest BCUT2D eigenvalue weighted by Crippen LogP contribution is -2.10. The van der Waals surface area contributed by atoms with Crippen LogP contribution in [-0.4, -0.2) is 13.7 Å².